The zero-order valence-corrected chi connectivity index (χ0v) is 21.5. The fourth-order valence-electron chi connectivity index (χ4n) is 5.14. The number of fused-ring (bicyclic) bond motifs is 1. The van der Waals surface area contributed by atoms with Gasteiger partial charge in [0.05, 0.1) is 29.4 Å². The number of pyridine rings is 1. The van der Waals surface area contributed by atoms with Crippen LogP contribution in [0.3, 0.4) is 0 Å². The average Bonchev–Trinajstić information content (AvgIpc) is 3.15. The van der Waals surface area contributed by atoms with Crippen LogP contribution in [-0.2, 0) is 23.3 Å². The predicted octanol–water partition coefficient (Wildman–Crippen LogP) is 4.80. The Morgan fingerprint density at radius 1 is 1.16 bits per heavy atom. The summed E-state index contributed by atoms with van der Waals surface area (Å²) in [4.78, 5) is 16.8. The molecule has 37 heavy (non-hydrogen) atoms. The Labute approximate surface area is 213 Å². The lowest BCUT2D eigenvalue weighted by Crippen LogP contribution is -2.29. The molecule has 2 aromatic heterocycles. The molecular weight excluding hydrogens is 507 g/mol. The first-order chi connectivity index (χ1) is 17.4. The maximum atomic E-state index is 13.0. The third kappa shape index (κ3) is 5.46. The fraction of sp³-hybridized carbons (Fsp3) is 0.462. The van der Waals surface area contributed by atoms with E-state index in [1.807, 2.05) is 30.3 Å². The Morgan fingerprint density at radius 2 is 1.81 bits per heavy atom. The normalized spacial score (nSPS) is 18.7. The van der Waals surface area contributed by atoms with Gasteiger partial charge in [-0.2, -0.15) is 13.2 Å². The van der Waals surface area contributed by atoms with E-state index >= 15 is 0 Å². The molecule has 1 saturated carbocycles. The SMILES string of the molecule is CCS(=O)(=O)c1cnc(OCC2CCC(C(F)(F)F)CC2)c2c1c(Cc1ccccc1)c(C(N)=O)n2C. The van der Waals surface area contributed by atoms with Gasteiger partial charge >= 0.3 is 6.18 Å². The summed E-state index contributed by atoms with van der Waals surface area (Å²) in [7, 11) is -2.13. The van der Waals surface area contributed by atoms with Crippen LogP contribution in [0.25, 0.3) is 10.9 Å². The Balaban J connectivity index is 1.77. The van der Waals surface area contributed by atoms with Gasteiger partial charge in [0.25, 0.3) is 5.91 Å². The van der Waals surface area contributed by atoms with Gasteiger partial charge in [0, 0.05) is 18.9 Å². The molecule has 1 aliphatic carbocycles. The summed E-state index contributed by atoms with van der Waals surface area (Å²) < 4.78 is 72.7. The van der Waals surface area contributed by atoms with E-state index in [9.17, 15) is 26.4 Å². The predicted molar refractivity (Wildman–Crippen MR) is 133 cm³/mol. The summed E-state index contributed by atoms with van der Waals surface area (Å²) in [6, 6.07) is 9.28. The van der Waals surface area contributed by atoms with Gasteiger partial charge in [-0.3, -0.25) is 4.79 Å². The molecule has 1 amide bonds. The maximum Gasteiger partial charge on any atom is 0.391 e. The molecule has 0 spiro atoms. The van der Waals surface area contributed by atoms with E-state index in [2.05, 4.69) is 4.98 Å². The number of hydrogen-bond donors (Lipinski definition) is 1. The van der Waals surface area contributed by atoms with Crippen molar-refractivity contribution in [2.75, 3.05) is 12.4 Å². The summed E-state index contributed by atoms with van der Waals surface area (Å²) in [5, 5.41) is 0.327. The summed E-state index contributed by atoms with van der Waals surface area (Å²) in [6.45, 7) is 1.66. The van der Waals surface area contributed by atoms with E-state index < -0.39 is 27.8 Å². The second-order valence-corrected chi connectivity index (χ2v) is 11.8. The molecule has 0 bridgehead atoms. The quantitative estimate of drug-likeness (QED) is 0.444. The van der Waals surface area contributed by atoms with Gasteiger partial charge in [-0.25, -0.2) is 13.4 Å². The van der Waals surface area contributed by atoms with Crippen molar-refractivity contribution in [1.29, 1.82) is 0 Å². The van der Waals surface area contributed by atoms with Crippen LogP contribution in [-0.4, -0.2) is 42.4 Å². The molecule has 200 valence electrons. The lowest BCUT2D eigenvalue weighted by Gasteiger charge is -2.29. The average molecular weight is 538 g/mol. The van der Waals surface area contributed by atoms with Gasteiger partial charge in [-0.15, -0.1) is 0 Å². The number of sulfone groups is 1. The Bertz CT molecular complexity index is 1390. The second-order valence-electron chi connectivity index (χ2n) is 9.54. The summed E-state index contributed by atoms with van der Waals surface area (Å²) >= 11 is 0. The highest BCUT2D eigenvalue weighted by atomic mass is 32.2. The molecule has 0 unspecified atom stereocenters. The van der Waals surface area contributed by atoms with Gasteiger partial charge in [-0.05, 0) is 42.7 Å². The van der Waals surface area contributed by atoms with E-state index in [1.165, 1.54) is 17.7 Å². The molecule has 0 saturated heterocycles. The number of amides is 1. The van der Waals surface area contributed by atoms with Crippen molar-refractivity contribution in [2.24, 2.45) is 24.6 Å². The van der Waals surface area contributed by atoms with Crippen LogP contribution >= 0.6 is 0 Å². The van der Waals surface area contributed by atoms with Crippen LogP contribution in [0.5, 0.6) is 5.88 Å². The minimum atomic E-state index is -4.19. The molecule has 0 atom stereocenters. The van der Waals surface area contributed by atoms with Crippen molar-refractivity contribution in [3.63, 3.8) is 0 Å². The minimum absolute atomic E-state index is 0.0166. The van der Waals surface area contributed by atoms with Crippen molar-refractivity contribution < 1.29 is 31.1 Å². The molecule has 0 aliphatic heterocycles. The van der Waals surface area contributed by atoms with Crippen molar-refractivity contribution in [3.05, 3.63) is 53.3 Å². The molecule has 7 nitrogen and oxygen atoms in total. The van der Waals surface area contributed by atoms with Crippen LogP contribution in [0.15, 0.2) is 41.4 Å². The van der Waals surface area contributed by atoms with E-state index in [-0.39, 0.29) is 54.0 Å². The van der Waals surface area contributed by atoms with Gasteiger partial charge in [0.1, 0.15) is 11.2 Å². The highest BCUT2D eigenvalue weighted by molar-refractivity contribution is 7.91. The van der Waals surface area contributed by atoms with Gasteiger partial charge in [0.2, 0.25) is 5.88 Å². The number of aryl methyl sites for hydroxylation is 1. The second kappa shape index (κ2) is 10.4. The van der Waals surface area contributed by atoms with E-state index in [4.69, 9.17) is 10.5 Å². The number of carbonyl (C=O) groups is 1. The molecule has 1 aliphatic rings. The van der Waals surface area contributed by atoms with Crippen LogP contribution in [0.2, 0.25) is 0 Å². The monoisotopic (exact) mass is 537 g/mol. The third-order valence-corrected chi connectivity index (χ3v) is 8.92. The van der Waals surface area contributed by atoms with Crippen molar-refractivity contribution >= 4 is 26.6 Å². The lowest BCUT2D eigenvalue weighted by molar-refractivity contribution is -0.184. The first kappa shape index (κ1) is 27.0. The van der Waals surface area contributed by atoms with Crippen molar-refractivity contribution in [2.45, 2.75) is 50.1 Å². The topological polar surface area (TPSA) is 104 Å². The minimum Gasteiger partial charge on any atom is -0.476 e. The molecule has 1 aromatic carbocycles. The van der Waals surface area contributed by atoms with E-state index in [0.717, 1.165) is 5.56 Å². The van der Waals surface area contributed by atoms with Crippen LogP contribution in [0, 0.1) is 11.8 Å². The number of primary amides is 1. The number of alkyl halides is 3. The number of carbonyl (C=O) groups excluding carboxylic acids is 1. The lowest BCUT2D eigenvalue weighted by atomic mass is 9.82. The van der Waals surface area contributed by atoms with Crippen LogP contribution in [0.4, 0.5) is 13.2 Å². The largest absolute Gasteiger partial charge is 0.476 e. The number of halogens is 3. The van der Waals surface area contributed by atoms with Crippen molar-refractivity contribution in [1.82, 2.24) is 9.55 Å². The highest BCUT2D eigenvalue weighted by Gasteiger charge is 2.41. The highest BCUT2D eigenvalue weighted by Crippen LogP contribution is 2.41. The standard InChI is InChI=1S/C26H30F3N3O4S/c1-3-37(34,35)20-14-31-25(36-15-17-9-11-18(12-10-17)26(27,28)29)23-21(20)19(22(24(30)33)32(23)2)13-16-7-5-4-6-8-16/h4-8,14,17-18H,3,9-13,15H2,1-2H3,(H2,30,33). The van der Waals surface area contributed by atoms with E-state index in [0.29, 0.717) is 29.3 Å². The zero-order valence-electron chi connectivity index (χ0n) is 20.7. The number of nitrogens with zero attached hydrogens (tertiary/aromatic N) is 2. The molecule has 2 heterocycles. The Morgan fingerprint density at radius 3 is 2.38 bits per heavy atom. The molecule has 2 N–H and O–H groups in total. The summed E-state index contributed by atoms with van der Waals surface area (Å²) in [5.41, 5.74) is 7.54. The number of aromatic nitrogens is 2. The van der Waals surface area contributed by atoms with E-state index in [1.54, 1.807) is 7.05 Å². The smallest absolute Gasteiger partial charge is 0.391 e. The zero-order chi connectivity index (χ0) is 27.0. The first-order valence-corrected chi connectivity index (χ1v) is 13.9. The van der Waals surface area contributed by atoms with Crippen LogP contribution in [0.1, 0.15) is 54.2 Å². The molecular formula is C26H30F3N3O4S. The third-order valence-electron chi connectivity index (χ3n) is 7.18. The van der Waals surface area contributed by atoms with Gasteiger partial charge in [-0.1, -0.05) is 37.3 Å². The van der Waals surface area contributed by atoms with Gasteiger partial charge < -0.3 is 15.0 Å². The Kier molecular flexibility index (Phi) is 7.55. The Hall–Kier alpha value is -3.08. The molecule has 4 rings (SSSR count). The number of hydrogen-bond acceptors (Lipinski definition) is 5. The molecule has 1 fully saturated rings. The number of nitrogens with two attached hydrogens (primary N) is 1. The summed E-state index contributed by atoms with van der Waals surface area (Å²) in [6.07, 6.45) is -1.87. The summed E-state index contributed by atoms with van der Waals surface area (Å²) in [5.74, 6) is -2.15. The van der Waals surface area contributed by atoms with Gasteiger partial charge in [0.15, 0.2) is 9.84 Å². The van der Waals surface area contributed by atoms with Crippen LogP contribution < -0.4 is 10.5 Å². The number of benzene rings is 1. The molecule has 11 heteroatoms. The number of rotatable bonds is 8. The van der Waals surface area contributed by atoms with Crippen molar-refractivity contribution in [3.8, 4) is 5.88 Å². The maximum absolute atomic E-state index is 13.0. The molecule has 3 aromatic rings. The fourth-order valence-corrected chi connectivity index (χ4v) is 6.19. The number of ether oxygens (including phenoxy) is 1. The first-order valence-electron chi connectivity index (χ1n) is 12.2. The molecule has 0 radical (unpaired) electrons.